The quantitative estimate of drug-likeness (QED) is 0.514. The lowest BCUT2D eigenvalue weighted by Crippen LogP contribution is -2.51. The van der Waals surface area contributed by atoms with E-state index in [0.717, 1.165) is 25.7 Å². The summed E-state index contributed by atoms with van der Waals surface area (Å²) >= 11 is 0. The number of carbonyl (C=O) groups excluding carboxylic acids is 1. The average Bonchev–Trinajstić information content (AvgIpc) is 3.01. The van der Waals surface area contributed by atoms with E-state index in [1.165, 1.54) is 12.7 Å². The van der Waals surface area contributed by atoms with Gasteiger partial charge in [-0.25, -0.2) is 4.79 Å². The number of aliphatic hydroxyl groups excluding tert-OH is 2. The Hall–Kier alpha value is -2.05. The van der Waals surface area contributed by atoms with Crippen LogP contribution in [-0.4, -0.2) is 29.9 Å². The van der Waals surface area contributed by atoms with Crippen molar-refractivity contribution in [2.24, 2.45) is 28.6 Å². The monoisotopic (exact) mass is 442 g/mol. The minimum Gasteiger partial charge on any atom is -0.495 e. The van der Waals surface area contributed by atoms with Gasteiger partial charge in [0.2, 0.25) is 6.29 Å². The molecule has 1 aromatic carbocycles. The maximum Gasteiger partial charge on any atom is 0.345 e. The van der Waals surface area contributed by atoms with Crippen molar-refractivity contribution in [1.82, 2.24) is 0 Å². The van der Waals surface area contributed by atoms with Crippen molar-refractivity contribution in [3.63, 3.8) is 0 Å². The number of carbonyl (C=O) groups is 1. The number of rotatable bonds is 2. The summed E-state index contributed by atoms with van der Waals surface area (Å²) in [6.45, 7) is 13.6. The number of cyclic esters (lactones) is 1. The molecule has 4 aliphatic rings. The second-order valence-electron chi connectivity index (χ2n) is 11.1. The van der Waals surface area contributed by atoms with E-state index in [1.807, 2.05) is 0 Å². The number of allylic oxidation sites excluding steroid dienone is 1. The maximum atomic E-state index is 12.5. The number of hydrogen-bond acceptors (Lipinski definition) is 6. The van der Waals surface area contributed by atoms with E-state index >= 15 is 0 Å². The van der Waals surface area contributed by atoms with Crippen LogP contribution in [0.1, 0.15) is 85.9 Å². The SMILES string of the molecule is C=C1C2CCC(C)(C3COc4c(C)c(OC)c5c(c4C3O)C(O)OC5=O)C1CCC2(C)C. The highest BCUT2D eigenvalue weighted by atomic mass is 16.6. The summed E-state index contributed by atoms with van der Waals surface area (Å²) in [7, 11) is 1.48. The Kier molecular flexibility index (Phi) is 4.75. The minimum absolute atomic E-state index is 0.182. The number of esters is 1. The number of fused-ring (bicyclic) bond motifs is 5. The van der Waals surface area contributed by atoms with E-state index in [-0.39, 0.29) is 27.9 Å². The van der Waals surface area contributed by atoms with Crippen LogP contribution in [0.15, 0.2) is 12.2 Å². The van der Waals surface area contributed by atoms with Crippen molar-refractivity contribution < 1.29 is 29.2 Å². The molecule has 2 aliphatic heterocycles. The fraction of sp³-hybridized carbons (Fsp3) is 0.654. The molecule has 2 aliphatic carbocycles. The summed E-state index contributed by atoms with van der Waals surface area (Å²) in [5.41, 5.74) is 2.97. The van der Waals surface area contributed by atoms with Gasteiger partial charge in [-0.2, -0.15) is 0 Å². The van der Waals surface area contributed by atoms with Crippen molar-refractivity contribution in [3.8, 4) is 11.5 Å². The Labute approximate surface area is 189 Å². The minimum atomic E-state index is -1.44. The van der Waals surface area contributed by atoms with Gasteiger partial charge in [0.25, 0.3) is 0 Å². The highest BCUT2D eigenvalue weighted by Crippen LogP contribution is 2.64. The van der Waals surface area contributed by atoms with E-state index in [9.17, 15) is 15.0 Å². The lowest BCUT2D eigenvalue weighted by Gasteiger charge is -2.58. The maximum absolute atomic E-state index is 12.5. The Morgan fingerprint density at radius 1 is 1.09 bits per heavy atom. The zero-order valence-electron chi connectivity index (χ0n) is 19.7. The van der Waals surface area contributed by atoms with Crippen LogP contribution in [0.2, 0.25) is 0 Å². The van der Waals surface area contributed by atoms with Gasteiger partial charge in [0.05, 0.1) is 19.8 Å². The van der Waals surface area contributed by atoms with Gasteiger partial charge in [-0.15, -0.1) is 0 Å². The Morgan fingerprint density at radius 3 is 2.47 bits per heavy atom. The molecule has 0 aromatic heterocycles. The number of methoxy groups -OCH3 is 1. The molecular formula is C26H34O6. The van der Waals surface area contributed by atoms with Gasteiger partial charge >= 0.3 is 5.97 Å². The molecule has 0 amide bonds. The molecule has 0 spiro atoms. The second-order valence-corrected chi connectivity index (χ2v) is 11.1. The first-order valence-electron chi connectivity index (χ1n) is 11.7. The molecule has 6 unspecified atom stereocenters. The second kappa shape index (κ2) is 6.97. The molecule has 6 heteroatoms. The highest BCUT2D eigenvalue weighted by Gasteiger charge is 2.56. The van der Waals surface area contributed by atoms with Crippen LogP contribution >= 0.6 is 0 Å². The third kappa shape index (κ3) is 2.69. The molecule has 6 nitrogen and oxygen atoms in total. The van der Waals surface area contributed by atoms with Gasteiger partial charge in [0.15, 0.2) is 0 Å². The Bertz CT molecular complexity index is 1010. The summed E-state index contributed by atoms with van der Waals surface area (Å²) in [4.78, 5) is 12.5. The van der Waals surface area contributed by atoms with Crippen molar-refractivity contribution >= 4 is 5.97 Å². The first-order valence-corrected chi connectivity index (χ1v) is 11.7. The lowest BCUT2D eigenvalue weighted by atomic mass is 9.47. The van der Waals surface area contributed by atoms with Crippen molar-refractivity contribution in [3.05, 3.63) is 34.4 Å². The summed E-state index contributed by atoms with van der Waals surface area (Å²) in [5.74, 6) is 0.821. The van der Waals surface area contributed by atoms with Gasteiger partial charge in [-0.1, -0.05) is 32.9 Å². The number of aliphatic hydroxyl groups is 2. The van der Waals surface area contributed by atoms with E-state index in [4.69, 9.17) is 14.2 Å². The molecule has 0 saturated heterocycles. The van der Waals surface area contributed by atoms with Crippen LogP contribution in [-0.2, 0) is 4.74 Å². The number of hydrogen-bond donors (Lipinski definition) is 2. The van der Waals surface area contributed by atoms with E-state index in [0.29, 0.717) is 41.1 Å². The standard InChI is InChI=1S/C26H34O6/c1-12-14-8-10-26(5,15(12)7-9-25(14,3)4)16-11-31-22-13(2)21(30-6)19-17(18(22)20(16)27)23(28)32-24(19)29/h14-16,20,23,27-28H,1,7-11H2,2-6H3. The van der Waals surface area contributed by atoms with Gasteiger partial charge in [-0.3, -0.25) is 0 Å². The molecular weight excluding hydrogens is 408 g/mol. The Morgan fingerprint density at radius 2 is 1.78 bits per heavy atom. The largest absolute Gasteiger partial charge is 0.495 e. The van der Waals surface area contributed by atoms with Gasteiger partial charge in [0.1, 0.15) is 17.1 Å². The summed E-state index contributed by atoms with van der Waals surface area (Å²) in [6.07, 6.45) is 1.92. The third-order valence-corrected chi connectivity index (χ3v) is 9.20. The van der Waals surface area contributed by atoms with Gasteiger partial charge in [0, 0.05) is 22.6 Å². The zero-order valence-corrected chi connectivity index (χ0v) is 19.7. The smallest absolute Gasteiger partial charge is 0.345 e. The number of ether oxygens (including phenoxy) is 3. The molecule has 5 rings (SSSR count). The summed E-state index contributed by atoms with van der Waals surface area (Å²) in [5, 5.41) is 22.3. The third-order valence-electron chi connectivity index (χ3n) is 9.20. The van der Waals surface area contributed by atoms with E-state index in [2.05, 4.69) is 27.4 Å². The fourth-order valence-electron chi connectivity index (χ4n) is 7.33. The summed E-state index contributed by atoms with van der Waals surface area (Å²) < 4.78 is 16.9. The predicted molar refractivity (Wildman–Crippen MR) is 119 cm³/mol. The molecule has 174 valence electrons. The normalized spacial score (nSPS) is 37.3. The molecule has 6 atom stereocenters. The molecule has 2 N–H and O–H groups in total. The molecule has 2 heterocycles. The summed E-state index contributed by atoms with van der Waals surface area (Å²) in [6, 6.07) is 0. The average molecular weight is 443 g/mol. The van der Waals surface area contributed by atoms with Gasteiger partial charge < -0.3 is 24.4 Å². The van der Waals surface area contributed by atoms with Crippen LogP contribution in [0.5, 0.6) is 11.5 Å². The molecule has 1 aromatic rings. The first kappa shape index (κ1) is 21.8. The molecule has 0 radical (unpaired) electrons. The van der Waals surface area contributed by atoms with Crippen molar-refractivity contribution in [2.75, 3.05) is 13.7 Å². The Balaban J connectivity index is 1.59. The highest BCUT2D eigenvalue weighted by molar-refractivity contribution is 5.98. The number of benzene rings is 1. The molecule has 2 fully saturated rings. The van der Waals surface area contributed by atoms with Crippen LogP contribution in [0.25, 0.3) is 0 Å². The topological polar surface area (TPSA) is 85.2 Å². The van der Waals surface area contributed by atoms with Crippen LogP contribution in [0.4, 0.5) is 0 Å². The first-order chi connectivity index (χ1) is 15.0. The van der Waals surface area contributed by atoms with Crippen molar-refractivity contribution in [2.45, 2.75) is 65.8 Å². The molecule has 32 heavy (non-hydrogen) atoms. The predicted octanol–water partition coefficient (Wildman–Crippen LogP) is 4.62. The van der Waals surface area contributed by atoms with E-state index in [1.54, 1.807) is 6.92 Å². The fourth-order valence-corrected chi connectivity index (χ4v) is 7.33. The van der Waals surface area contributed by atoms with Crippen LogP contribution < -0.4 is 9.47 Å². The zero-order chi connectivity index (χ0) is 23.2. The molecule has 2 bridgehead atoms. The van der Waals surface area contributed by atoms with E-state index < -0.39 is 18.4 Å². The van der Waals surface area contributed by atoms with Crippen LogP contribution in [0, 0.1) is 35.5 Å². The molecule has 2 saturated carbocycles. The van der Waals surface area contributed by atoms with Crippen LogP contribution in [0.3, 0.4) is 0 Å². The van der Waals surface area contributed by atoms with Gasteiger partial charge in [-0.05, 0) is 55.3 Å². The lowest BCUT2D eigenvalue weighted by molar-refractivity contribution is -0.0870. The van der Waals surface area contributed by atoms with Crippen molar-refractivity contribution in [1.29, 1.82) is 0 Å².